The molecule has 2 atom stereocenters. The van der Waals surface area contributed by atoms with Gasteiger partial charge in [0.15, 0.2) is 0 Å². The lowest BCUT2D eigenvalue weighted by molar-refractivity contribution is 0.243. The zero-order valence-corrected chi connectivity index (χ0v) is 14.1. The second-order valence-corrected chi connectivity index (χ2v) is 6.28. The molecular formula is C18H23N5O. The number of nitrogens with zero attached hydrogens (tertiary/aromatic N) is 3. The molecule has 2 amide bonds. The maximum absolute atomic E-state index is 12.1. The number of pyridine rings is 2. The lowest BCUT2D eigenvalue weighted by Crippen LogP contribution is -2.35. The molecule has 1 aliphatic rings. The highest BCUT2D eigenvalue weighted by Gasteiger charge is 2.33. The summed E-state index contributed by atoms with van der Waals surface area (Å²) in [4.78, 5) is 22.8. The first-order chi connectivity index (χ1) is 11.6. The second-order valence-electron chi connectivity index (χ2n) is 6.28. The highest BCUT2D eigenvalue weighted by Crippen LogP contribution is 2.35. The van der Waals surface area contributed by atoms with E-state index in [1.165, 1.54) is 5.56 Å². The van der Waals surface area contributed by atoms with Gasteiger partial charge in [0.2, 0.25) is 0 Å². The first kappa shape index (κ1) is 16.4. The van der Waals surface area contributed by atoms with Crippen LogP contribution in [0.2, 0.25) is 0 Å². The highest BCUT2D eigenvalue weighted by molar-refractivity contribution is 5.88. The van der Waals surface area contributed by atoms with Gasteiger partial charge >= 0.3 is 6.03 Å². The lowest BCUT2D eigenvalue weighted by Gasteiger charge is -2.25. The summed E-state index contributed by atoms with van der Waals surface area (Å²) in [5.74, 6) is 0.376. The van der Waals surface area contributed by atoms with Crippen LogP contribution in [0.3, 0.4) is 0 Å². The summed E-state index contributed by atoms with van der Waals surface area (Å²) in [5, 5.41) is 5.80. The number of rotatable bonds is 4. The van der Waals surface area contributed by atoms with E-state index in [4.69, 9.17) is 0 Å². The summed E-state index contributed by atoms with van der Waals surface area (Å²) in [7, 11) is 2.12. The molecule has 3 rings (SSSR count). The molecular weight excluding hydrogens is 302 g/mol. The van der Waals surface area contributed by atoms with Gasteiger partial charge in [-0.2, -0.15) is 0 Å². The first-order valence-electron chi connectivity index (χ1n) is 8.21. The number of likely N-dealkylation sites (tertiary alicyclic amines) is 1. The molecule has 6 nitrogen and oxygen atoms in total. The predicted molar refractivity (Wildman–Crippen MR) is 93.7 cm³/mol. The van der Waals surface area contributed by atoms with E-state index in [0.29, 0.717) is 24.2 Å². The fourth-order valence-electron chi connectivity index (χ4n) is 3.26. The first-order valence-corrected chi connectivity index (χ1v) is 8.21. The number of anilines is 1. The SMILES string of the molecule is Cc1ccc(NC(=O)NC[C@@H]2CCN(C)[C@H]2c2cccnc2)cn1. The molecule has 24 heavy (non-hydrogen) atoms. The van der Waals surface area contributed by atoms with Crippen LogP contribution in [0.4, 0.5) is 10.5 Å². The fraction of sp³-hybridized carbons (Fsp3) is 0.389. The van der Waals surface area contributed by atoms with Crippen molar-refractivity contribution in [2.45, 2.75) is 19.4 Å². The third kappa shape index (κ3) is 3.89. The topological polar surface area (TPSA) is 70.2 Å². The second kappa shape index (κ2) is 7.40. The van der Waals surface area contributed by atoms with Gasteiger partial charge in [0, 0.05) is 30.7 Å². The van der Waals surface area contributed by atoms with Crippen LogP contribution in [0.25, 0.3) is 0 Å². The zero-order chi connectivity index (χ0) is 16.9. The molecule has 1 aliphatic heterocycles. The molecule has 6 heteroatoms. The number of hydrogen-bond donors (Lipinski definition) is 2. The quantitative estimate of drug-likeness (QED) is 0.906. The molecule has 3 heterocycles. The van der Waals surface area contributed by atoms with Gasteiger partial charge in [-0.05, 0) is 56.6 Å². The van der Waals surface area contributed by atoms with E-state index in [0.717, 1.165) is 18.7 Å². The highest BCUT2D eigenvalue weighted by atomic mass is 16.2. The zero-order valence-electron chi connectivity index (χ0n) is 14.1. The van der Waals surface area contributed by atoms with Crippen LogP contribution < -0.4 is 10.6 Å². The van der Waals surface area contributed by atoms with E-state index in [1.807, 2.05) is 31.3 Å². The molecule has 0 unspecified atom stereocenters. The van der Waals surface area contributed by atoms with Gasteiger partial charge < -0.3 is 10.6 Å². The summed E-state index contributed by atoms with van der Waals surface area (Å²) in [6.45, 7) is 3.57. The number of nitrogens with one attached hydrogen (secondary N) is 2. The van der Waals surface area contributed by atoms with E-state index >= 15 is 0 Å². The van der Waals surface area contributed by atoms with Crippen LogP contribution in [-0.4, -0.2) is 41.0 Å². The van der Waals surface area contributed by atoms with Crippen molar-refractivity contribution < 1.29 is 4.79 Å². The van der Waals surface area contributed by atoms with Gasteiger partial charge in [-0.15, -0.1) is 0 Å². The van der Waals surface area contributed by atoms with Crippen molar-refractivity contribution in [3.05, 3.63) is 54.1 Å². The van der Waals surface area contributed by atoms with Gasteiger partial charge in [0.25, 0.3) is 0 Å². The molecule has 0 radical (unpaired) electrons. The van der Waals surface area contributed by atoms with Crippen molar-refractivity contribution in [3.63, 3.8) is 0 Å². The van der Waals surface area contributed by atoms with E-state index in [9.17, 15) is 4.79 Å². The Morgan fingerprint density at radius 3 is 2.92 bits per heavy atom. The molecule has 0 aliphatic carbocycles. The van der Waals surface area contributed by atoms with E-state index in [2.05, 4.69) is 38.6 Å². The fourth-order valence-corrected chi connectivity index (χ4v) is 3.26. The van der Waals surface area contributed by atoms with Crippen LogP contribution in [0, 0.1) is 12.8 Å². The number of carbonyl (C=O) groups is 1. The van der Waals surface area contributed by atoms with Crippen LogP contribution in [-0.2, 0) is 0 Å². The number of aromatic nitrogens is 2. The van der Waals surface area contributed by atoms with Crippen LogP contribution in [0.15, 0.2) is 42.9 Å². The molecule has 0 spiro atoms. The maximum atomic E-state index is 12.1. The monoisotopic (exact) mass is 325 g/mol. The number of amides is 2. The van der Waals surface area contributed by atoms with Gasteiger partial charge in [0.1, 0.15) is 0 Å². The Balaban J connectivity index is 1.57. The van der Waals surface area contributed by atoms with Gasteiger partial charge in [-0.3, -0.25) is 14.9 Å². The standard InChI is InChI=1S/C18H23N5O/c1-13-5-6-16(12-20-13)22-18(24)21-11-15-7-9-23(2)17(15)14-4-3-8-19-10-14/h3-6,8,10,12,15,17H,7,9,11H2,1-2H3,(H2,21,22,24)/t15-,17-/m0/s1. The normalized spacial score (nSPS) is 20.8. The summed E-state index contributed by atoms with van der Waals surface area (Å²) < 4.78 is 0. The van der Waals surface area contributed by atoms with Crippen LogP contribution in [0.5, 0.6) is 0 Å². The van der Waals surface area contributed by atoms with Crippen molar-refractivity contribution >= 4 is 11.7 Å². The summed E-state index contributed by atoms with van der Waals surface area (Å²) in [5.41, 5.74) is 2.83. The number of urea groups is 1. The Labute approximate surface area is 142 Å². The van der Waals surface area contributed by atoms with Crippen molar-refractivity contribution in [1.82, 2.24) is 20.2 Å². The van der Waals surface area contributed by atoms with Crippen LogP contribution in [0.1, 0.15) is 23.7 Å². The van der Waals surface area contributed by atoms with Gasteiger partial charge in [-0.1, -0.05) is 6.07 Å². The van der Waals surface area contributed by atoms with E-state index in [-0.39, 0.29) is 6.03 Å². The van der Waals surface area contributed by atoms with Crippen molar-refractivity contribution in [2.24, 2.45) is 5.92 Å². The average molecular weight is 325 g/mol. The molecule has 2 aromatic heterocycles. The summed E-state index contributed by atoms with van der Waals surface area (Å²) in [6.07, 6.45) is 6.42. The predicted octanol–water partition coefficient (Wildman–Crippen LogP) is 2.60. The average Bonchev–Trinajstić information content (AvgIpc) is 2.96. The Morgan fingerprint density at radius 1 is 1.33 bits per heavy atom. The van der Waals surface area contributed by atoms with Crippen LogP contribution >= 0.6 is 0 Å². The summed E-state index contributed by atoms with van der Waals surface area (Å²) in [6, 6.07) is 7.89. The van der Waals surface area contributed by atoms with E-state index < -0.39 is 0 Å². The molecule has 0 saturated carbocycles. The van der Waals surface area contributed by atoms with Gasteiger partial charge in [0.05, 0.1) is 11.9 Å². The number of carbonyl (C=O) groups excluding carboxylic acids is 1. The van der Waals surface area contributed by atoms with Crippen molar-refractivity contribution in [1.29, 1.82) is 0 Å². The largest absolute Gasteiger partial charge is 0.338 e. The Hall–Kier alpha value is -2.47. The van der Waals surface area contributed by atoms with Crippen molar-refractivity contribution in [3.8, 4) is 0 Å². The number of hydrogen-bond acceptors (Lipinski definition) is 4. The summed E-state index contributed by atoms with van der Waals surface area (Å²) >= 11 is 0. The molecule has 2 N–H and O–H groups in total. The third-order valence-corrected chi connectivity index (χ3v) is 4.49. The lowest BCUT2D eigenvalue weighted by atomic mass is 9.95. The Morgan fingerprint density at radius 2 is 2.21 bits per heavy atom. The molecule has 126 valence electrons. The number of aryl methyl sites for hydroxylation is 1. The maximum Gasteiger partial charge on any atom is 0.319 e. The molecule has 2 aromatic rings. The molecule has 0 bridgehead atoms. The Kier molecular flexibility index (Phi) is 5.05. The molecule has 1 saturated heterocycles. The minimum absolute atomic E-state index is 0.194. The van der Waals surface area contributed by atoms with Crippen molar-refractivity contribution in [2.75, 3.05) is 25.5 Å². The Bertz CT molecular complexity index is 674. The molecule has 0 aromatic carbocycles. The minimum Gasteiger partial charge on any atom is -0.338 e. The smallest absolute Gasteiger partial charge is 0.319 e. The van der Waals surface area contributed by atoms with E-state index in [1.54, 1.807) is 12.4 Å². The third-order valence-electron chi connectivity index (χ3n) is 4.49. The van der Waals surface area contributed by atoms with Gasteiger partial charge in [-0.25, -0.2) is 4.79 Å². The molecule has 1 fully saturated rings. The minimum atomic E-state index is -0.194.